The van der Waals surface area contributed by atoms with E-state index in [2.05, 4.69) is 20.5 Å². The van der Waals surface area contributed by atoms with E-state index in [1.807, 2.05) is 6.08 Å². The molecule has 5 atom stereocenters. The monoisotopic (exact) mass is 423 g/mol. The highest BCUT2D eigenvalue weighted by molar-refractivity contribution is 8.40. The minimum Gasteiger partial charge on any atom is -0.508 e. The van der Waals surface area contributed by atoms with E-state index in [1.54, 1.807) is 6.08 Å². The van der Waals surface area contributed by atoms with Gasteiger partial charge in [-0.1, -0.05) is 31.4 Å². The summed E-state index contributed by atoms with van der Waals surface area (Å²) in [5.74, 6) is 0.776. The van der Waals surface area contributed by atoms with Crippen molar-refractivity contribution in [3.05, 3.63) is 40.0 Å². The lowest BCUT2D eigenvalue weighted by molar-refractivity contribution is 0.252. The molecule has 0 aromatic rings. The van der Waals surface area contributed by atoms with E-state index < -0.39 is 25.9 Å². The largest absolute Gasteiger partial charge is 0.508 e. The second-order valence-corrected chi connectivity index (χ2v) is 12.9. The maximum atomic E-state index is 12.6. The normalized spacial score (nSPS) is 47.1. The van der Waals surface area contributed by atoms with Crippen molar-refractivity contribution in [3.63, 3.8) is 0 Å². The van der Waals surface area contributed by atoms with Gasteiger partial charge in [0.2, 0.25) is 0 Å². The van der Waals surface area contributed by atoms with Crippen LogP contribution in [0.2, 0.25) is 0 Å². The van der Waals surface area contributed by atoms with Crippen molar-refractivity contribution >= 4 is 23.0 Å². The molecule has 5 rings (SSSR count). The summed E-state index contributed by atoms with van der Waals surface area (Å²) in [7, 11) is -1.64. The molecule has 2 aliphatic heterocycles. The third-order valence-electron chi connectivity index (χ3n) is 7.51. The van der Waals surface area contributed by atoms with Gasteiger partial charge in [-0.15, -0.1) is 15.1 Å². The van der Waals surface area contributed by atoms with Crippen molar-refractivity contribution in [1.82, 2.24) is 9.03 Å². The van der Waals surface area contributed by atoms with Crippen LogP contribution in [0.1, 0.15) is 38.5 Å². The Morgan fingerprint density at radius 3 is 2.93 bits per heavy atom. The molecule has 0 aromatic carbocycles. The number of hydrogen-bond acceptors (Lipinski definition) is 7. The molecule has 5 aliphatic rings. The van der Waals surface area contributed by atoms with E-state index in [0.29, 0.717) is 12.3 Å². The molecule has 28 heavy (non-hydrogen) atoms. The lowest BCUT2D eigenvalue weighted by atomic mass is 9.73. The zero-order chi connectivity index (χ0) is 19.7. The number of fused-ring (bicyclic) bond motifs is 1. The summed E-state index contributed by atoms with van der Waals surface area (Å²) in [4.78, 5) is 11.8. The van der Waals surface area contributed by atoms with Crippen molar-refractivity contribution in [1.29, 1.82) is 0 Å². The molecule has 154 valence electrons. The summed E-state index contributed by atoms with van der Waals surface area (Å²) in [6.07, 6.45) is 12.5. The SMILES string of the molecule is CS12NCCCC[C@@]13C1=C(C=CC(O)C=C1O)CC(N(S)CC1CC1)[C@@]32N=O. The fraction of sp³-hybridized carbons (Fsp3) is 0.700. The van der Waals surface area contributed by atoms with Gasteiger partial charge in [-0.25, -0.2) is 4.31 Å². The Hall–Kier alpha value is -0.800. The molecule has 3 fully saturated rings. The second kappa shape index (κ2) is 6.35. The number of nitrogens with zero attached hydrogens (tertiary/aromatic N) is 2. The van der Waals surface area contributed by atoms with Crippen LogP contribution in [0, 0.1) is 10.8 Å². The Balaban J connectivity index is 1.70. The first-order valence-corrected chi connectivity index (χ1v) is 12.7. The van der Waals surface area contributed by atoms with Crippen LogP contribution >= 0.6 is 23.0 Å². The summed E-state index contributed by atoms with van der Waals surface area (Å²) in [6.45, 7) is 1.74. The third kappa shape index (κ3) is 2.24. The van der Waals surface area contributed by atoms with Crippen molar-refractivity contribution in [2.45, 2.75) is 60.3 Å². The predicted molar refractivity (Wildman–Crippen MR) is 116 cm³/mol. The van der Waals surface area contributed by atoms with Gasteiger partial charge < -0.3 is 10.2 Å². The molecule has 0 amide bonds. The van der Waals surface area contributed by atoms with E-state index in [4.69, 9.17) is 12.8 Å². The lowest BCUT2D eigenvalue weighted by Crippen LogP contribution is -2.49. The average Bonchev–Trinajstić information content (AvgIpc) is 3.54. The third-order valence-corrected chi connectivity index (χ3v) is 12.6. The van der Waals surface area contributed by atoms with Crippen LogP contribution in [0.25, 0.3) is 0 Å². The van der Waals surface area contributed by atoms with Crippen LogP contribution in [0.4, 0.5) is 0 Å². The average molecular weight is 424 g/mol. The lowest BCUT2D eigenvalue weighted by Gasteiger charge is -2.38. The van der Waals surface area contributed by atoms with Gasteiger partial charge in [-0.2, -0.15) is 0 Å². The van der Waals surface area contributed by atoms with Gasteiger partial charge in [0.15, 0.2) is 4.87 Å². The Kier molecular flexibility index (Phi) is 4.35. The van der Waals surface area contributed by atoms with Gasteiger partial charge in [0.05, 0.1) is 16.9 Å². The number of thiol groups is 1. The number of nitroso groups, excluding NO2 is 1. The molecule has 0 aromatic heterocycles. The Morgan fingerprint density at radius 1 is 1.43 bits per heavy atom. The molecular weight excluding hydrogens is 394 g/mol. The van der Waals surface area contributed by atoms with Gasteiger partial charge in [-0.05, 0) is 61.1 Å². The highest BCUT2D eigenvalue weighted by atomic mass is 32.3. The number of aliphatic hydroxyl groups excluding tert-OH is 2. The quantitative estimate of drug-likeness (QED) is 0.317. The van der Waals surface area contributed by atoms with Crippen LogP contribution in [-0.4, -0.2) is 55.6 Å². The number of allylic oxidation sites excluding steroid dienone is 2. The van der Waals surface area contributed by atoms with Gasteiger partial charge in [0.1, 0.15) is 5.76 Å². The van der Waals surface area contributed by atoms with E-state index >= 15 is 0 Å². The zero-order valence-electron chi connectivity index (χ0n) is 16.2. The molecule has 3 unspecified atom stereocenters. The molecule has 8 heteroatoms. The van der Waals surface area contributed by atoms with E-state index in [0.717, 1.165) is 43.5 Å². The van der Waals surface area contributed by atoms with Gasteiger partial charge >= 0.3 is 0 Å². The van der Waals surface area contributed by atoms with Crippen LogP contribution in [0.3, 0.4) is 0 Å². The smallest absolute Gasteiger partial charge is 0.179 e. The second-order valence-electron chi connectivity index (χ2n) is 8.97. The maximum absolute atomic E-state index is 12.6. The van der Waals surface area contributed by atoms with Crippen molar-refractivity contribution in [2.75, 3.05) is 19.3 Å². The first kappa shape index (κ1) is 19.2. The van der Waals surface area contributed by atoms with Crippen LogP contribution < -0.4 is 4.72 Å². The number of rotatable bonds is 4. The zero-order valence-corrected chi connectivity index (χ0v) is 17.9. The molecule has 3 aliphatic carbocycles. The van der Waals surface area contributed by atoms with Crippen molar-refractivity contribution < 1.29 is 10.2 Å². The Bertz CT molecular complexity index is 811. The van der Waals surface area contributed by atoms with Gasteiger partial charge in [-0.3, -0.25) is 4.72 Å². The van der Waals surface area contributed by atoms with Crippen LogP contribution in [0.5, 0.6) is 0 Å². The summed E-state index contributed by atoms with van der Waals surface area (Å²) in [5.41, 5.74) is 1.86. The molecule has 3 N–H and O–H groups in total. The predicted octanol–water partition coefficient (Wildman–Crippen LogP) is 3.32. The molecule has 2 saturated heterocycles. The summed E-state index contributed by atoms with van der Waals surface area (Å²) < 4.78 is 5.30. The minimum atomic E-state index is -1.64. The molecule has 6 nitrogen and oxygen atoms in total. The highest BCUT2D eigenvalue weighted by Gasteiger charge is 2.89. The first-order chi connectivity index (χ1) is 13.4. The maximum Gasteiger partial charge on any atom is 0.179 e. The van der Waals surface area contributed by atoms with E-state index in [9.17, 15) is 15.1 Å². The Labute approximate surface area is 173 Å². The standard InChI is InChI=1S/C20H29N3O3S2/c1-28-19(8-2-3-9-21-28)18-14(6-7-15(24)11-16(18)25)10-17(20(19,28)22-26)23(27)12-13-4-5-13/h6-7,11,13,15,17,21,24-25,27H,2-5,8-10,12H2,1H3/t15?,17?,19-,20-/m0/s1. The van der Waals surface area contributed by atoms with E-state index in [1.165, 1.54) is 18.9 Å². The van der Waals surface area contributed by atoms with Gasteiger partial charge in [0.25, 0.3) is 0 Å². The van der Waals surface area contributed by atoms with Gasteiger partial charge in [0, 0.05) is 18.7 Å². The van der Waals surface area contributed by atoms with E-state index in [-0.39, 0.29) is 11.8 Å². The topological polar surface area (TPSA) is 85.2 Å². The molecule has 1 saturated carbocycles. The molecular formula is C20H29N3O3S2. The summed E-state index contributed by atoms with van der Waals surface area (Å²) >= 11 is 4.86. The summed E-state index contributed by atoms with van der Waals surface area (Å²) in [6, 6.07) is -0.106. The first-order valence-electron chi connectivity index (χ1n) is 10.2. The molecule has 0 bridgehead atoms. The molecule has 0 radical (unpaired) electrons. The number of hydrogen-bond donors (Lipinski definition) is 4. The fourth-order valence-corrected chi connectivity index (χ4v) is 11.8. The van der Waals surface area contributed by atoms with Crippen LogP contribution in [-0.2, 0) is 0 Å². The van der Waals surface area contributed by atoms with Crippen LogP contribution in [0.15, 0.2) is 40.3 Å². The fourth-order valence-electron chi connectivity index (χ4n) is 6.04. The summed E-state index contributed by atoms with van der Waals surface area (Å²) in [5, 5.41) is 25.1. The molecule has 2 heterocycles. The van der Waals surface area contributed by atoms with Crippen molar-refractivity contribution in [2.24, 2.45) is 11.1 Å². The minimum absolute atomic E-state index is 0.106. The highest BCUT2D eigenvalue weighted by Crippen LogP contribution is 2.93. The van der Waals surface area contributed by atoms with Crippen molar-refractivity contribution in [3.8, 4) is 0 Å². The molecule has 1 spiro atoms. The Morgan fingerprint density at radius 2 is 2.21 bits per heavy atom. The number of aliphatic hydroxyl groups is 2. The number of nitrogens with one attached hydrogen (secondary N) is 1.